The van der Waals surface area contributed by atoms with E-state index in [-0.39, 0.29) is 18.0 Å². The van der Waals surface area contributed by atoms with E-state index in [0.717, 1.165) is 38.9 Å². The maximum atomic E-state index is 12.1. The highest BCUT2D eigenvalue weighted by atomic mass is 16.2. The molecule has 2 N–H and O–H groups in total. The Kier molecular flexibility index (Phi) is 6.06. The molecule has 126 valence electrons. The Morgan fingerprint density at radius 1 is 1.09 bits per heavy atom. The van der Waals surface area contributed by atoms with Crippen molar-refractivity contribution in [3.8, 4) is 0 Å². The number of urea groups is 1. The first-order valence-electron chi connectivity index (χ1n) is 8.54. The number of amides is 3. The lowest BCUT2D eigenvalue weighted by Gasteiger charge is -2.37. The number of carbonyl (C=O) groups excluding carboxylic acids is 2. The van der Waals surface area contributed by atoms with E-state index in [1.165, 1.54) is 0 Å². The van der Waals surface area contributed by atoms with Crippen LogP contribution in [0.2, 0.25) is 0 Å². The molecule has 0 aromatic rings. The molecule has 2 rings (SSSR count). The van der Waals surface area contributed by atoms with Crippen molar-refractivity contribution in [3.63, 3.8) is 0 Å². The fourth-order valence-corrected chi connectivity index (χ4v) is 2.61. The zero-order valence-corrected chi connectivity index (χ0v) is 14.1. The second-order valence-corrected chi connectivity index (χ2v) is 6.90. The number of carbonyl (C=O) groups is 2. The average Bonchev–Trinajstić information content (AvgIpc) is 3.30. The molecule has 1 atom stereocenters. The quantitative estimate of drug-likeness (QED) is 0.770. The summed E-state index contributed by atoms with van der Waals surface area (Å²) in [7, 11) is 0. The van der Waals surface area contributed by atoms with Crippen LogP contribution in [0.1, 0.15) is 40.0 Å². The normalized spacial score (nSPS) is 20.8. The molecule has 0 bridgehead atoms. The number of hydrogen-bond acceptors (Lipinski definition) is 3. The van der Waals surface area contributed by atoms with E-state index >= 15 is 0 Å². The number of rotatable bonds is 6. The lowest BCUT2D eigenvalue weighted by molar-refractivity contribution is -0.126. The van der Waals surface area contributed by atoms with Gasteiger partial charge in [0.2, 0.25) is 5.91 Å². The lowest BCUT2D eigenvalue weighted by atomic mass is 10.1. The van der Waals surface area contributed by atoms with E-state index in [0.29, 0.717) is 25.0 Å². The smallest absolute Gasteiger partial charge is 0.317 e. The van der Waals surface area contributed by atoms with E-state index in [9.17, 15) is 9.59 Å². The van der Waals surface area contributed by atoms with Gasteiger partial charge in [-0.3, -0.25) is 9.69 Å². The van der Waals surface area contributed by atoms with Crippen molar-refractivity contribution in [1.29, 1.82) is 0 Å². The topological polar surface area (TPSA) is 64.7 Å². The summed E-state index contributed by atoms with van der Waals surface area (Å²) in [5.74, 6) is 0.723. The van der Waals surface area contributed by atoms with Crippen molar-refractivity contribution in [3.05, 3.63) is 0 Å². The van der Waals surface area contributed by atoms with Crippen molar-refractivity contribution in [1.82, 2.24) is 20.4 Å². The molecular formula is C16H30N4O2. The molecule has 1 saturated carbocycles. The third kappa shape index (κ3) is 5.16. The number of hydrogen-bond donors (Lipinski definition) is 2. The molecule has 2 fully saturated rings. The van der Waals surface area contributed by atoms with Crippen LogP contribution >= 0.6 is 0 Å². The first-order chi connectivity index (χ1) is 10.5. The third-order valence-electron chi connectivity index (χ3n) is 4.45. The van der Waals surface area contributed by atoms with Gasteiger partial charge >= 0.3 is 6.03 Å². The minimum atomic E-state index is -0.105. The first-order valence-corrected chi connectivity index (χ1v) is 8.54. The summed E-state index contributed by atoms with van der Waals surface area (Å²) in [6, 6.07) is 0.324. The highest BCUT2D eigenvalue weighted by Gasteiger charge is 2.30. The van der Waals surface area contributed by atoms with Gasteiger partial charge in [0.25, 0.3) is 0 Å². The molecule has 22 heavy (non-hydrogen) atoms. The zero-order valence-electron chi connectivity index (χ0n) is 14.1. The zero-order chi connectivity index (χ0) is 16.1. The summed E-state index contributed by atoms with van der Waals surface area (Å²) in [5.41, 5.74) is 0. The molecule has 0 aromatic heterocycles. The molecule has 3 amide bonds. The van der Waals surface area contributed by atoms with Crippen LogP contribution in [0.5, 0.6) is 0 Å². The summed E-state index contributed by atoms with van der Waals surface area (Å²) in [6.07, 6.45) is 3.23. The van der Waals surface area contributed by atoms with Crippen molar-refractivity contribution in [2.75, 3.05) is 32.7 Å². The average molecular weight is 310 g/mol. The Balaban J connectivity index is 1.67. The summed E-state index contributed by atoms with van der Waals surface area (Å²) in [6.45, 7) is 9.89. The molecule has 0 spiro atoms. The summed E-state index contributed by atoms with van der Waals surface area (Å²) in [4.78, 5) is 28.1. The summed E-state index contributed by atoms with van der Waals surface area (Å²) < 4.78 is 0. The molecular weight excluding hydrogens is 280 g/mol. The Hall–Kier alpha value is -1.30. The first kappa shape index (κ1) is 17.1. The lowest BCUT2D eigenvalue weighted by Crippen LogP contribution is -2.56. The van der Waals surface area contributed by atoms with Crippen LogP contribution in [0.25, 0.3) is 0 Å². The molecule has 6 nitrogen and oxygen atoms in total. The Morgan fingerprint density at radius 2 is 1.73 bits per heavy atom. The highest BCUT2D eigenvalue weighted by Crippen LogP contribution is 2.19. The predicted octanol–water partition coefficient (Wildman–Crippen LogP) is 1.03. The molecule has 1 aliphatic heterocycles. The van der Waals surface area contributed by atoms with Gasteiger partial charge in [0.15, 0.2) is 0 Å². The van der Waals surface area contributed by atoms with E-state index in [1.807, 2.05) is 11.8 Å². The van der Waals surface area contributed by atoms with E-state index < -0.39 is 0 Å². The highest BCUT2D eigenvalue weighted by molar-refractivity contribution is 5.82. The largest absolute Gasteiger partial charge is 0.352 e. The van der Waals surface area contributed by atoms with Crippen molar-refractivity contribution >= 4 is 11.9 Å². The van der Waals surface area contributed by atoms with Crippen LogP contribution in [0.15, 0.2) is 0 Å². The predicted molar refractivity (Wildman–Crippen MR) is 86.6 cm³/mol. The Morgan fingerprint density at radius 3 is 2.27 bits per heavy atom. The molecule has 1 heterocycles. The van der Waals surface area contributed by atoms with Gasteiger partial charge in [0, 0.05) is 38.8 Å². The van der Waals surface area contributed by atoms with E-state index in [1.54, 1.807) is 0 Å². The maximum Gasteiger partial charge on any atom is 0.317 e. The summed E-state index contributed by atoms with van der Waals surface area (Å²) >= 11 is 0. The van der Waals surface area contributed by atoms with Gasteiger partial charge in [-0.1, -0.05) is 13.8 Å². The van der Waals surface area contributed by atoms with Gasteiger partial charge in [-0.15, -0.1) is 0 Å². The monoisotopic (exact) mass is 310 g/mol. The van der Waals surface area contributed by atoms with Crippen molar-refractivity contribution < 1.29 is 9.59 Å². The van der Waals surface area contributed by atoms with Crippen LogP contribution in [-0.4, -0.2) is 66.5 Å². The second kappa shape index (κ2) is 7.81. The van der Waals surface area contributed by atoms with Gasteiger partial charge in [-0.05, 0) is 32.1 Å². The number of piperazine rings is 1. The molecule has 1 saturated heterocycles. The number of nitrogens with zero attached hydrogens (tertiary/aromatic N) is 2. The molecule has 1 unspecified atom stereocenters. The molecule has 6 heteroatoms. The maximum absolute atomic E-state index is 12.1. The molecule has 0 radical (unpaired) electrons. The van der Waals surface area contributed by atoms with Gasteiger partial charge in [0.1, 0.15) is 0 Å². The minimum absolute atomic E-state index is 0.0235. The molecule has 2 aliphatic rings. The molecule has 1 aliphatic carbocycles. The standard InChI is InChI=1S/C16H30N4O2/c1-12(2)6-7-17-16(22)20-10-8-19(9-11-20)13(3)15(21)18-14-4-5-14/h12-14H,4-11H2,1-3H3,(H,17,22)(H,18,21). The fourth-order valence-electron chi connectivity index (χ4n) is 2.61. The minimum Gasteiger partial charge on any atom is -0.352 e. The Bertz CT molecular complexity index is 388. The van der Waals surface area contributed by atoms with Gasteiger partial charge in [-0.2, -0.15) is 0 Å². The van der Waals surface area contributed by atoms with Crippen LogP contribution < -0.4 is 10.6 Å². The second-order valence-electron chi connectivity index (χ2n) is 6.90. The SMILES string of the molecule is CC(C)CCNC(=O)N1CCN(C(C)C(=O)NC2CC2)CC1. The van der Waals surface area contributed by atoms with E-state index in [2.05, 4.69) is 29.4 Å². The summed E-state index contributed by atoms with van der Waals surface area (Å²) in [5, 5.41) is 6.02. The fraction of sp³-hybridized carbons (Fsp3) is 0.875. The van der Waals surface area contributed by atoms with Crippen molar-refractivity contribution in [2.24, 2.45) is 5.92 Å². The van der Waals surface area contributed by atoms with Gasteiger partial charge < -0.3 is 15.5 Å². The van der Waals surface area contributed by atoms with Crippen LogP contribution in [0, 0.1) is 5.92 Å². The third-order valence-corrected chi connectivity index (χ3v) is 4.45. The van der Waals surface area contributed by atoms with E-state index in [4.69, 9.17) is 0 Å². The van der Waals surface area contributed by atoms with Crippen LogP contribution in [0.3, 0.4) is 0 Å². The Labute approximate surface area is 133 Å². The van der Waals surface area contributed by atoms with Crippen molar-refractivity contribution in [2.45, 2.75) is 52.1 Å². The van der Waals surface area contributed by atoms with Gasteiger partial charge in [0.05, 0.1) is 6.04 Å². The van der Waals surface area contributed by atoms with Crippen LogP contribution in [0.4, 0.5) is 4.79 Å². The number of nitrogens with one attached hydrogen (secondary N) is 2. The van der Waals surface area contributed by atoms with Gasteiger partial charge in [-0.25, -0.2) is 4.79 Å². The molecule has 0 aromatic carbocycles. The van der Waals surface area contributed by atoms with Crippen LogP contribution in [-0.2, 0) is 4.79 Å².